The van der Waals surface area contributed by atoms with Gasteiger partial charge in [-0.1, -0.05) is 282 Å². The van der Waals surface area contributed by atoms with Gasteiger partial charge in [-0.3, -0.25) is 9.59 Å². The van der Waals surface area contributed by atoms with Crippen LogP contribution in [0.15, 0.2) is 24.3 Å². The van der Waals surface area contributed by atoms with Crippen LogP contribution in [0.1, 0.15) is 316 Å². The minimum atomic E-state index is -0.776. The highest BCUT2D eigenvalue weighted by Gasteiger charge is 2.16. The van der Waals surface area contributed by atoms with Crippen LogP contribution in [0.25, 0.3) is 0 Å². The number of unbranched alkanes of at least 4 members (excludes halogenated alkanes) is 41. The molecule has 0 bridgehead atoms. The second kappa shape index (κ2) is 54.7. The number of carbonyl (C=O) groups is 2. The number of hydrogen-bond donors (Lipinski definition) is 1. The summed E-state index contributed by atoms with van der Waals surface area (Å²) in [5.41, 5.74) is 0. The highest BCUT2D eigenvalue weighted by molar-refractivity contribution is 5.70. The van der Waals surface area contributed by atoms with Gasteiger partial charge in [-0.05, 0) is 44.9 Å². The minimum absolute atomic E-state index is 0.0665. The van der Waals surface area contributed by atoms with Gasteiger partial charge < -0.3 is 14.6 Å². The number of aliphatic hydroxyl groups is 1. The Hall–Kier alpha value is -1.62. The molecule has 0 spiro atoms. The van der Waals surface area contributed by atoms with Gasteiger partial charge in [0.25, 0.3) is 0 Å². The zero-order chi connectivity index (χ0) is 45.6. The van der Waals surface area contributed by atoms with Gasteiger partial charge >= 0.3 is 11.9 Å². The number of hydrogen-bond acceptors (Lipinski definition) is 5. The quantitative estimate of drug-likeness (QED) is 0.0374. The van der Waals surface area contributed by atoms with E-state index in [1.807, 2.05) is 0 Å². The number of allylic oxidation sites excluding steroid dienone is 4. The van der Waals surface area contributed by atoms with Crippen LogP contribution in [0.4, 0.5) is 0 Å². The molecule has 0 aliphatic rings. The number of esters is 2. The van der Waals surface area contributed by atoms with Crippen molar-refractivity contribution in [2.24, 2.45) is 0 Å². The van der Waals surface area contributed by atoms with Gasteiger partial charge in [-0.2, -0.15) is 0 Å². The predicted molar refractivity (Wildman–Crippen MR) is 275 cm³/mol. The lowest BCUT2D eigenvalue weighted by Gasteiger charge is -2.15. The summed E-state index contributed by atoms with van der Waals surface area (Å²) in [6.45, 7) is 4.15. The van der Waals surface area contributed by atoms with Crippen molar-refractivity contribution in [3.63, 3.8) is 0 Å². The van der Waals surface area contributed by atoms with Crippen LogP contribution in [-0.4, -0.2) is 36.4 Å². The highest BCUT2D eigenvalue weighted by atomic mass is 16.6. The molecule has 0 aliphatic carbocycles. The molecule has 0 radical (unpaired) electrons. The third kappa shape index (κ3) is 52.9. The number of rotatable bonds is 53. The molecular formula is C58H110O5. The van der Waals surface area contributed by atoms with Crippen molar-refractivity contribution in [3.05, 3.63) is 24.3 Å². The van der Waals surface area contributed by atoms with E-state index in [1.54, 1.807) is 0 Å². The summed E-state index contributed by atoms with van der Waals surface area (Å²) in [6.07, 6.45) is 68.9. The maximum Gasteiger partial charge on any atom is 0.306 e. The van der Waals surface area contributed by atoms with E-state index in [1.165, 1.54) is 238 Å². The standard InChI is InChI=1S/C58H110O5/c1-3-5-7-9-11-13-15-17-19-21-22-23-24-25-26-27-28-29-30-31-32-33-34-35-36-37-39-40-42-44-46-48-50-52-57(60)62-55-56(54-59)63-58(61)53-51-49-47-45-43-41-38-20-18-16-14-12-10-8-6-4-2/h14,16,20,38,56,59H,3-13,15,17-19,21-37,39-55H2,1-2H3/b16-14-,38-20-. The third-order valence-corrected chi connectivity index (χ3v) is 13.0. The van der Waals surface area contributed by atoms with Crippen molar-refractivity contribution in [2.75, 3.05) is 13.2 Å². The van der Waals surface area contributed by atoms with Crippen molar-refractivity contribution in [3.8, 4) is 0 Å². The molecular weight excluding hydrogens is 777 g/mol. The summed E-state index contributed by atoms with van der Waals surface area (Å²) < 4.78 is 10.7. The topological polar surface area (TPSA) is 72.8 Å². The van der Waals surface area contributed by atoms with E-state index in [4.69, 9.17) is 9.47 Å². The van der Waals surface area contributed by atoms with Crippen LogP contribution in [0.5, 0.6) is 0 Å². The Labute approximate surface area is 394 Å². The van der Waals surface area contributed by atoms with Gasteiger partial charge in [0.05, 0.1) is 6.61 Å². The molecule has 5 nitrogen and oxygen atoms in total. The van der Waals surface area contributed by atoms with Crippen molar-refractivity contribution < 1.29 is 24.2 Å². The fourth-order valence-corrected chi connectivity index (χ4v) is 8.71. The largest absolute Gasteiger partial charge is 0.462 e. The van der Waals surface area contributed by atoms with Crippen LogP contribution >= 0.6 is 0 Å². The molecule has 0 aromatic heterocycles. The van der Waals surface area contributed by atoms with Crippen molar-refractivity contribution in [1.29, 1.82) is 0 Å². The van der Waals surface area contributed by atoms with E-state index in [2.05, 4.69) is 38.2 Å². The van der Waals surface area contributed by atoms with Crippen LogP contribution in [0, 0.1) is 0 Å². The molecule has 1 atom stereocenters. The molecule has 1 N–H and O–H groups in total. The first-order valence-corrected chi connectivity index (χ1v) is 28.4. The lowest BCUT2D eigenvalue weighted by molar-refractivity contribution is -0.161. The summed E-state index contributed by atoms with van der Waals surface area (Å²) in [6, 6.07) is 0. The van der Waals surface area contributed by atoms with Gasteiger partial charge in [-0.25, -0.2) is 0 Å². The highest BCUT2D eigenvalue weighted by Crippen LogP contribution is 2.18. The summed E-state index contributed by atoms with van der Waals surface area (Å²) in [5, 5.41) is 9.62. The average Bonchev–Trinajstić information content (AvgIpc) is 3.29. The Kier molecular flexibility index (Phi) is 53.3. The molecule has 0 fully saturated rings. The fraction of sp³-hybridized carbons (Fsp3) is 0.897. The first kappa shape index (κ1) is 61.4. The predicted octanol–water partition coefficient (Wildman–Crippen LogP) is 18.9. The zero-order valence-electron chi connectivity index (χ0n) is 42.6. The van der Waals surface area contributed by atoms with Gasteiger partial charge in [-0.15, -0.1) is 0 Å². The van der Waals surface area contributed by atoms with E-state index in [0.29, 0.717) is 12.8 Å². The number of ether oxygens (including phenoxy) is 2. The molecule has 0 rings (SSSR count). The SMILES string of the molecule is CCCCCC/C=C\C/C=C\CCCCCCCC(=O)OC(CO)COC(=O)CCCCCCCCCCCCCCCCCCCCCCCCCCCCCCCCCCC. The third-order valence-electron chi connectivity index (χ3n) is 13.0. The molecule has 0 heterocycles. The number of aliphatic hydroxyl groups excluding tert-OH is 1. The Morgan fingerprint density at radius 2 is 0.635 bits per heavy atom. The van der Waals surface area contributed by atoms with Crippen LogP contribution < -0.4 is 0 Å². The minimum Gasteiger partial charge on any atom is -0.462 e. The maximum atomic E-state index is 12.2. The van der Waals surface area contributed by atoms with Gasteiger partial charge in [0.2, 0.25) is 0 Å². The van der Waals surface area contributed by atoms with Crippen molar-refractivity contribution >= 4 is 11.9 Å². The maximum absolute atomic E-state index is 12.2. The van der Waals surface area contributed by atoms with Gasteiger partial charge in [0.15, 0.2) is 6.10 Å². The Morgan fingerprint density at radius 3 is 0.952 bits per heavy atom. The van der Waals surface area contributed by atoms with Crippen LogP contribution in [0.2, 0.25) is 0 Å². The second-order valence-electron chi connectivity index (χ2n) is 19.4. The summed E-state index contributed by atoms with van der Waals surface area (Å²) in [4.78, 5) is 24.4. The lowest BCUT2D eigenvalue weighted by atomic mass is 10.0. The van der Waals surface area contributed by atoms with Crippen LogP contribution in [-0.2, 0) is 19.1 Å². The molecule has 63 heavy (non-hydrogen) atoms. The van der Waals surface area contributed by atoms with Gasteiger partial charge in [0, 0.05) is 12.8 Å². The molecule has 0 aromatic carbocycles. The first-order valence-electron chi connectivity index (χ1n) is 28.4. The smallest absolute Gasteiger partial charge is 0.306 e. The molecule has 0 saturated heterocycles. The summed E-state index contributed by atoms with van der Waals surface area (Å²) in [5.74, 6) is -0.591. The fourth-order valence-electron chi connectivity index (χ4n) is 8.71. The van der Waals surface area contributed by atoms with Crippen molar-refractivity contribution in [2.45, 2.75) is 322 Å². The molecule has 0 saturated carbocycles. The summed E-state index contributed by atoms with van der Waals surface area (Å²) >= 11 is 0. The zero-order valence-corrected chi connectivity index (χ0v) is 42.6. The second-order valence-corrected chi connectivity index (χ2v) is 19.4. The van der Waals surface area contributed by atoms with E-state index < -0.39 is 6.10 Å². The first-order chi connectivity index (χ1) is 31.1. The number of carbonyl (C=O) groups excluding carboxylic acids is 2. The lowest BCUT2D eigenvalue weighted by Crippen LogP contribution is -2.28. The van der Waals surface area contributed by atoms with E-state index in [9.17, 15) is 14.7 Å². The molecule has 0 aliphatic heterocycles. The van der Waals surface area contributed by atoms with Gasteiger partial charge in [0.1, 0.15) is 6.61 Å². The van der Waals surface area contributed by atoms with E-state index in [0.717, 1.165) is 51.4 Å². The monoisotopic (exact) mass is 887 g/mol. The van der Waals surface area contributed by atoms with Crippen LogP contribution in [0.3, 0.4) is 0 Å². The molecule has 0 aromatic rings. The van der Waals surface area contributed by atoms with E-state index >= 15 is 0 Å². The Bertz CT molecular complexity index is 959. The Balaban J connectivity index is 3.38. The summed E-state index contributed by atoms with van der Waals surface area (Å²) in [7, 11) is 0. The Morgan fingerprint density at radius 1 is 0.365 bits per heavy atom. The average molecular weight is 888 g/mol. The molecule has 1 unspecified atom stereocenters. The van der Waals surface area contributed by atoms with Crippen molar-refractivity contribution in [1.82, 2.24) is 0 Å². The molecule has 5 heteroatoms. The normalized spacial score (nSPS) is 12.2. The van der Waals surface area contributed by atoms with E-state index in [-0.39, 0.29) is 25.2 Å². The molecule has 372 valence electrons. The molecule has 0 amide bonds.